The first-order valence-electron chi connectivity index (χ1n) is 21.0. The van der Waals surface area contributed by atoms with Crippen LogP contribution >= 0.6 is 0 Å². The topological polar surface area (TPSA) is 161 Å². The molecule has 57 heavy (non-hydrogen) atoms. The fraction of sp³-hybridized carbons (Fsp3) is 0.511. The highest BCUT2D eigenvalue weighted by Gasteiger charge is 2.46. The van der Waals surface area contributed by atoms with E-state index in [2.05, 4.69) is 93.5 Å². The Bertz CT molecular complexity index is 2300. The van der Waals surface area contributed by atoms with E-state index in [4.69, 9.17) is 15.2 Å². The Kier molecular flexibility index (Phi) is 13.3. The van der Waals surface area contributed by atoms with Crippen molar-refractivity contribution >= 4 is 41.6 Å². The van der Waals surface area contributed by atoms with Gasteiger partial charge in [-0.25, -0.2) is 0 Å². The summed E-state index contributed by atoms with van der Waals surface area (Å²) in [5.74, 6) is -0.464. The lowest BCUT2D eigenvalue weighted by molar-refractivity contribution is -0.142. The third-order valence-corrected chi connectivity index (χ3v) is 12.9. The first kappa shape index (κ1) is 42.1. The smallest absolute Gasteiger partial charge is 0.306 e. The molecule has 8 N–H and O–H groups in total. The normalized spacial score (nSPS) is 23.3. The zero-order valence-corrected chi connectivity index (χ0v) is 35.3. The van der Waals surface area contributed by atoms with Gasteiger partial charge in [-0.2, -0.15) is 0 Å². The van der Waals surface area contributed by atoms with Crippen molar-refractivity contribution in [1.29, 1.82) is 0 Å². The predicted octanol–water partition coefficient (Wildman–Crippen LogP) is 5.61. The van der Waals surface area contributed by atoms with Crippen LogP contribution in [0.5, 0.6) is 0 Å². The fourth-order valence-electron chi connectivity index (χ4n) is 9.54. The summed E-state index contributed by atoms with van der Waals surface area (Å²) in [6, 6.07) is -0.370. The van der Waals surface area contributed by atoms with Gasteiger partial charge in [0.05, 0.1) is 24.0 Å². The quantitative estimate of drug-likeness (QED) is 0.0565. The van der Waals surface area contributed by atoms with E-state index in [1.807, 2.05) is 19.1 Å². The fourth-order valence-corrected chi connectivity index (χ4v) is 9.54. The molecule has 10 nitrogen and oxygen atoms in total. The Morgan fingerprint density at radius 2 is 1.74 bits per heavy atom. The number of aliphatic hydroxyl groups is 2. The van der Waals surface area contributed by atoms with Crippen LogP contribution in [0, 0.1) is 44.4 Å². The van der Waals surface area contributed by atoms with Crippen LogP contribution in [0.2, 0.25) is 0 Å². The lowest BCUT2D eigenvalue weighted by atomic mass is 9.80. The molecule has 1 aliphatic carbocycles. The molecule has 1 fully saturated rings. The number of hydrogen-bond acceptors (Lipinski definition) is 7. The molecule has 5 heterocycles. The summed E-state index contributed by atoms with van der Waals surface area (Å²) in [6.07, 6.45) is 16.4. The molecule has 6 atom stereocenters. The third kappa shape index (κ3) is 8.41. The Labute approximate surface area is 337 Å². The minimum absolute atomic E-state index is 0.0214. The van der Waals surface area contributed by atoms with Crippen LogP contribution in [0.4, 0.5) is 0 Å². The number of nitrogens with one attached hydrogen (secondary N) is 4. The molecule has 0 radical (unpaired) electrons. The van der Waals surface area contributed by atoms with Gasteiger partial charge in [0, 0.05) is 56.6 Å². The Morgan fingerprint density at radius 3 is 2.44 bits per heavy atom. The van der Waals surface area contributed by atoms with Crippen LogP contribution in [0.15, 0.2) is 23.9 Å². The van der Waals surface area contributed by atoms with Gasteiger partial charge in [-0.3, -0.25) is 4.79 Å². The average molecular weight is 780 g/mol. The highest BCUT2D eigenvalue weighted by atomic mass is 16.6. The maximum Gasteiger partial charge on any atom is 0.306 e. The van der Waals surface area contributed by atoms with Gasteiger partial charge in [-0.15, -0.1) is 0 Å². The lowest BCUT2D eigenvalue weighted by Gasteiger charge is -2.29. The Morgan fingerprint density at radius 1 is 1.00 bits per heavy atom. The number of carbonyl (C=O) groups is 1. The van der Waals surface area contributed by atoms with E-state index in [0.29, 0.717) is 11.6 Å². The second-order valence-electron chi connectivity index (χ2n) is 16.6. The second-order valence-corrected chi connectivity index (χ2v) is 16.6. The molecule has 2 aliphatic heterocycles. The maximum absolute atomic E-state index is 13.3. The van der Waals surface area contributed by atoms with Crippen LogP contribution in [-0.2, 0) is 20.7 Å². The van der Waals surface area contributed by atoms with Crippen molar-refractivity contribution < 1.29 is 24.5 Å². The predicted molar refractivity (Wildman–Crippen MR) is 230 cm³/mol. The summed E-state index contributed by atoms with van der Waals surface area (Å²) >= 11 is 0. The van der Waals surface area contributed by atoms with Crippen molar-refractivity contribution in [2.75, 3.05) is 13.3 Å². The van der Waals surface area contributed by atoms with E-state index in [1.54, 1.807) is 0 Å². The van der Waals surface area contributed by atoms with Gasteiger partial charge < -0.3 is 45.7 Å². The van der Waals surface area contributed by atoms with Crippen LogP contribution < -0.4 is 32.3 Å². The number of hydrogen-bond donors (Lipinski definition) is 7. The number of rotatable bonds is 16. The van der Waals surface area contributed by atoms with E-state index in [9.17, 15) is 15.0 Å². The van der Waals surface area contributed by atoms with Gasteiger partial charge in [-0.05, 0) is 117 Å². The van der Waals surface area contributed by atoms with Crippen molar-refractivity contribution in [3.8, 4) is 0 Å². The summed E-state index contributed by atoms with van der Waals surface area (Å²) in [4.78, 5) is 24.4. The average Bonchev–Trinajstić information content (AvgIpc) is 3.91. The van der Waals surface area contributed by atoms with E-state index >= 15 is 0 Å². The third-order valence-electron chi connectivity index (χ3n) is 12.9. The molecular formula is C47H65N5O5. The first-order chi connectivity index (χ1) is 27.3. The molecule has 3 aromatic rings. The van der Waals surface area contributed by atoms with Crippen molar-refractivity contribution in [1.82, 2.24) is 20.3 Å². The second kappa shape index (κ2) is 18.0. The molecular weight excluding hydrogens is 715 g/mol. The summed E-state index contributed by atoms with van der Waals surface area (Å²) in [6.45, 7) is 21.4. The Balaban J connectivity index is 1.42. The van der Waals surface area contributed by atoms with Crippen molar-refractivity contribution in [3.63, 3.8) is 0 Å². The number of esters is 1. The van der Waals surface area contributed by atoms with Crippen LogP contribution in [0.1, 0.15) is 124 Å². The van der Waals surface area contributed by atoms with Crippen LogP contribution in [0.25, 0.3) is 35.6 Å². The number of aromatic nitrogens is 3. The van der Waals surface area contributed by atoms with Crippen molar-refractivity contribution in [2.24, 2.45) is 29.4 Å². The molecule has 0 aromatic carbocycles. The van der Waals surface area contributed by atoms with Gasteiger partial charge in [0.25, 0.3) is 0 Å². The SMILES string of the molecule is C=Cc1c2[nH]c(c1C)/C=C1\NC(C3=c4[nH]c(c(C)c4=C(O)[C@@H]3C(O)OCN)/C=c3\[nH]/c(c(C)c3CC)=C\2)[C@@H](CCC(=O)OC/C=C(\C)CCC[C@H](C)CCC)[C@@H]1C. The van der Waals surface area contributed by atoms with Crippen molar-refractivity contribution in [3.05, 3.63) is 90.1 Å². The van der Waals surface area contributed by atoms with E-state index in [-0.39, 0.29) is 49.4 Å². The molecule has 0 saturated carbocycles. The molecule has 3 aliphatic rings. The Hall–Kier alpha value is -4.51. The molecule has 0 amide bonds. The van der Waals surface area contributed by atoms with E-state index < -0.39 is 12.2 Å². The summed E-state index contributed by atoms with van der Waals surface area (Å²) in [7, 11) is 0. The monoisotopic (exact) mass is 779 g/mol. The molecule has 8 bridgehead atoms. The maximum atomic E-state index is 13.3. The van der Waals surface area contributed by atoms with Crippen molar-refractivity contribution in [2.45, 2.75) is 119 Å². The number of nitrogens with two attached hydrogens (primary N) is 1. The van der Waals surface area contributed by atoms with Crippen LogP contribution in [0.3, 0.4) is 0 Å². The van der Waals surface area contributed by atoms with Gasteiger partial charge in [0.15, 0.2) is 6.29 Å². The molecule has 6 rings (SSSR count). The zero-order valence-electron chi connectivity index (χ0n) is 35.3. The number of allylic oxidation sites excluding steroid dienone is 2. The van der Waals surface area contributed by atoms with Gasteiger partial charge >= 0.3 is 5.97 Å². The molecule has 2 unspecified atom stereocenters. The molecule has 0 spiro atoms. The van der Waals surface area contributed by atoms with Gasteiger partial charge in [0.1, 0.15) is 12.4 Å². The largest absolute Gasteiger partial charge is 0.511 e. The number of fused-ring (bicyclic) bond motifs is 8. The molecule has 10 heteroatoms. The minimum atomic E-state index is -1.39. The standard InChI is InChI=1S/C47H65N5O5/c1-10-14-25(4)15-13-16-26(5)19-20-56-40(53)18-17-33-29(8)36-21-34-27(6)31(11-2)38(49-34)22-35-28(7)32(12-3)39(50-35)23-37-30(9)41-45(52-37)42(44(33)51-36)43(46(41)54)47(55)57-24-48/h11,19,21-23,25,29,33,43-44,47,49-52,54-55H,2,10,12-18,20,24,48H2,1,3-9H3/b26-19+,35-22-,36-21-,39-23-/t25-,29+,33+,43-,44?,47?/m1/s1. The molecule has 308 valence electrons. The highest BCUT2D eigenvalue weighted by molar-refractivity contribution is 5.76. The van der Waals surface area contributed by atoms with E-state index in [1.165, 1.54) is 36.0 Å². The molecule has 3 aromatic heterocycles. The van der Waals surface area contributed by atoms with E-state index in [0.717, 1.165) is 86.3 Å². The summed E-state index contributed by atoms with van der Waals surface area (Å²) < 4.78 is 11.4. The number of aromatic amines is 3. The van der Waals surface area contributed by atoms with Gasteiger partial charge in [0.2, 0.25) is 0 Å². The number of H-pyrrole nitrogens is 3. The lowest BCUT2D eigenvalue weighted by Crippen LogP contribution is -2.39. The highest BCUT2D eigenvalue weighted by Crippen LogP contribution is 2.43. The first-order valence-corrected chi connectivity index (χ1v) is 21.0. The summed E-state index contributed by atoms with van der Waals surface area (Å²) in [5, 5.41) is 30.7. The number of ether oxygens (including phenoxy) is 2. The van der Waals surface area contributed by atoms with Gasteiger partial charge in [-0.1, -0.05) is 65.2 Å². The summed E-state index contributed by atoms with van der Waals surface area (Å²) in [5.41, 5.74) is 16.9. The van der Waals surface area contributed by atoms with Crippen LogP contribution in [-0.4, -0.2) is 56.8 Å². The minimum Gasteiger partial charge on any atom is -0.511 e. The molecule has 1 saturated heterocycles. The number of aliphatic hydroxyl groups excluding tert-OH is 2. The number of carbonyl (C=O) groups excluding carboxylic acids is 1. The zero-order chi connectivity index (χ0) is 41.1.